The van der Waals surface area contributed by atoms with Crippen LogP contribution in [-0.4, -0.2) is 20.9 Å². The summed E-state index contributed by atoms with van der Waals surface area (Å²) < 4.78 is 1.03. The van der Waals surface area contributed by atoms with E-state index in [4.69, 9.17) is 0 Å². The van der Waals surface area contributed by atoms with Crippen molar-refractivity contribution in [2.24, 2.45) is 0 Å². The molecule has 0 saturated heterocycles. The predicted molar refractivity (Wildman–Crippen MR) is 140 cm³/mol. The van der Waals surface area contributed by atoms with E-state index < -0.39 is 0 Å². The zero-order valence-corrected chi connectivity index (χ0v) is 20.5. The van der Waals surface area contributed by atoms with Crippen LogP contribution in [0.5, 0.6) is 0 Å². The molecular weight excluding hydrogens is 492 g/mol. The molecule has 0 spiro atoms. The fraction of sp³-hybridized carbons (Fsp3) is 0.185. The number of amides is 1. The number of carbonyl (C=O) groups excluding carboxylic acids is 1. The van der Waals surface area contributed by atoms with Crippen molar-refractivity contribution in [1.82, 2.24) is 20.3 Å². The van der Waals surface area contributed by atoms with Crippen molar-refractivity contribution in [2.45, 2.75) is 32.7 Å². The van der Waals surface area contributed by atoms with Crippen LogP contribution in [0.1, 0.15) is 36.1 Å². The van der Waals surface area contributed by atoms with Crippen LogP contribution >= 0.6 is 15.9 Å². The number of fused-ring (bicyclic) bond motifs is 2. The smallest absolute Gasteiger partial charge is 0.323 e. The summed E-state index contributed by atoms with van der Waals surface area (Å²) >= 11 is 3.50. The van der Waals surface area contributed by atoms with Crippen LogP contribution in [0.4, 0.5) is 0 Å². The lowest BCUT2D eigenvalue weighted by molar-refractivity contribution is -0.121. The summed E-state index contributed by atoms with van der Waals surface area (Å²) in [6, 6.07) is 20.1. The van der Waals surface area contributed by atoms with Gasteiger partial charge in [-0.15, -0.1) is 0 Å². The van der Waals surface area contributed by atoms with E-state index in [9.17, 15) is 9.59 Å². The van der Waals surface area contributed by atoms with E-state index >= 15 is 0 Å². The maximum Gasteiger partial charge on any atom is 0.323 e. The van der Waals surface area contributed by atoms with Gasteiger partial charge in [-0.3, -0.25) is 4.79 Å². The number of hydrogen-bond donors (Lipinski definition) is 4. The van der Waals surface area contributed by atoms with Gasteiger partial charge in [0.1, 0.15) is 0 Å². The number of imidazole rings is 1. The molecular formula is C27H25BrN4O2. The van der Waals surface area contributed by atoms with Crippen LogP contribution in [-0.2, 0) is 11.2 Å². The Labute approximate surface area is 204 Å². The third kappa shape index (κ3) is 4.43. The first-order chi connectivity index (χ1) is 16.4. The number of aromatic nitrogens is 3. The number of H-pyrrole nitrogens is 3. The minimum Gasteiger partial charge on any atom is -0.354 e. The van der Waals surface area contributed by atoms with Gasteiger partial charge in [-0.1, -0.05) is 45.8 Å². The van der Waals surface area contributed by atoms with Crippen molar-refractivity contribution in [1.29, 1.82) is 0 Å². The number of aryl methyl sites for hydroxylation is 2. The van der Waals surface area contributed by atoms with Crippen molar-refractivity contribution in [3.8, 4) is 11.3 Å². The van der Waals surface area contributed by atoms with Gasteiger partial charge in [0.15, 0.2) is 0 Å². The number of hydrogen-bond acceptors (Lipinski definition) is 2. The van der Waals surface area contributed by atoms with E-state index in [0.29, 0.717) is 12.8 Å². The molecule has 0 bridgehead atoms. The van der Waals surface area contributed by atoms with E-state index in [-0.39, 0.29) is 17.6 Å². The zero-order valence-electron chi connectivity index (χ0n) is 19.0. The average Bonchev–Trinajstić information content (AvgIpc) is 3.36. The summed E-state index contributed by atoms with van der Waals surface area (Å²) in [7, 11) is 0. The first-order valence-electron chi connectivity index (χ1n) is 11.3. The molecule has 5 aromatic rings. The Morgan fingerprint density at radius 3 is 2.47 bits per heavy atom. The Balaban J connectivity index is 1.36. The standard InChI is InChI=1S/C27H25BrN4O2/c1-15-3-10-22-21(13-15)20(26(30-22)17-4-7-19(28)8-5-17)9-12-25(33)29-16(2)18-6-11-23-24(14-18)32-27(34)31-23/h3-8,10-11,13-14,16,30H,9,12H2,1-2H3,(H,29,33)(H2,31,32,34). The van der Waals surface area contributed by atoms with Gasteiger partial charge < -0.3 is 20.3 Å². The molecule has 0 radical (unpaired) electrons. The molecule has 5 rings (SSSR count). The van der Waals surface area contributed by atoms with Gasteiger partial charge in [-0.25, -0.2) is 4.79 Å². The van der Waals surface area contributed by atoms with Gasteiger partial charge in [0.2, 0.25) is 5.91 Å². The minimum absolute atomic E-state index is 0.0149. The van der Waals surface area contributed by atoms with Gasteiger partial charge in [-0.2, -0.15) is 0 Å². The fourth-order valence-corrected chi connectivity index (χ4v) is 4.70. The Bertz CT molecular complexity index is 1560. The highest BCUT2D eigenvalue weighted by atomic mass is 79.9. The molecule has 1 atom stereocenters. The number of rotatable bonds is 6. The van der Waals surface area contributed by atoms with E-state index in [1.807, 2.05) is 37.3 Å². The first-order valence-corrected chi connectivity index (χ1v) is 12.0. The molecule has 4 N–H and O–H groups in total. The fourth-order valence-electron chi connectivity index (χ4n) is 4.44. The second-order valence-corrected chi connectivity index (χ2v) is 9.62. The van der Waals surface area contributed by atoms with E-state index in [2.05, 4.69) is 73.5 Å². The Kier molecular flexibility index (Phi) is 5.87. The number of halogens is 1. The molecule has 34 heavy (non-hydrogen) atoms. The quantitative estimate of drug-likeness (QED) is 0.226. The number of carbonyl (C=O) groups is 1. The Hall–Kier alpha value is -3.58. The van der Waals surface area contributed by atoms with Gasteiger partial charge in [0, 0.05) is 27.5 Å². The van der Waals surface area contributed by atoms with Crippen molar-refractivity contribution in [3.05, 3.63) is 92.3 Å². The molecule has 2 aromatic heterocycles. The highest BCUT2D eigenvalue weighted by molar-refractivity contribution is 9.10. The van der Waals surface area contributed by atoms with Crippen LogP contribution in [0.25, 0.3) is 33.2 Å². The molecule has 0 aliphatic rings. The molecule has 3 aromatic carbocycles. The number of aromatic amines is 3. The first kappa shape index (κ1) is 22.2. The SMILES string of the molecule is Cc1ccc2[nH]c(-c3ccc(Br)cc3)c(CCC(=O)NC(C)c3ccc4[nH]c(=O)[nH]c4c3)c2c1. The minimum atomic E-state index is -0.237. The third-order valence-electron chi connectivity index (χ3n) is 6.21. The molecule has 172 valence electrons. The maximum absolute atomic E-state index is 12.9. The normalized spacial score (nSPS) is 12.3. The summed E-state index contributed by atoms with van der Waals surface area (Å²) in [4.78, 5) is 33.5. The second-order valence-electron chi connectivity index (χ2n) is 8.71. The highest BCUT2D eigenvalue weighted by Gasteiger charge is 2.16. The Morgan fingerprint density at radius 2 is 1.68 bits per heavy atom. The van der Waals surface area contributed by atoms with Crippen molar-refractivity contribution < 1.29 is 4.79 Å². The summed E-state index contributed by atoms with van der Waals surface area (Å²) in [5, 5.41) is 4.25. The molecule has 0 aliphatic carbocycles. The van der Waals surface area contributed by atoms with Crippen LogP contribution < -0.4 is 11.0 Å². The topological polar surface area (TPSA) is 93.5 Å². The monoisotopic (exact) mass is 516 g/mol. The largest absolute Gasteiger partial charge is 0.354 e. The third-order valence-corrected chi connectivity index (χ3v) is 6.74. The van der Waals surface area contributed by atoms with Gasteiger partial charge in [-0.05, 0) is 73.4 Å². The molecule has 0 fully saturated rings. The lowest BCUT2D eigenvalue weighted by Gasteiger charge is -2.15. The number of benzene rings is 3. The van der Waals surface area contributed by atoms with Crippen LogP contribution in [0.3, 0.4) is 0 Å². The number of nitrogens with one attached hydrogen (secondary N) is 4. The van der Waals surface area contributed by atoms with Gasteiger partial charge in [0.25, 0.3) is 0 Å². The van der Waals surface area contributed by atoms with Gasteiger partial charge >= 0.3 is 5.69 Å². The lowest BCUT2D eigenvalue weighted by atomic mass is 10.00. The van der Waals surface area contributed by atoms with E-state index in [1.165, 1.54) is 5.56 Å². The summed E-state index contributed by atoms with van der Waals surface area (Å²) in [5.74, 6) is -0.0149. The molecule has 2 heterocycles. The van der Waals surface area contributed by atoms with Crippen LogP contribution in [0.2, 0.25) is 0 Å². The van der Waals surface area contributed by atoms with Crippen molar-refractivity contribution in [2.75, 3.05) is 0 Å². The van der Waals surface area contributed by atoms with E-state index in [0.717, 1.165) is 48.8 Å². The average molecular weight is 517 g/mol. The van der Waals surface area contributed by atoms with Crippen LogP contribution in [0, 0.1) is 6.92 Å². The Morgan fingerprint density at radius 1 is 0.941 bits per heavy atom. The zero-order chi connectivity index (χ0) is 23.8. The highest BCUT2D eigenvalue weighted by Crippen LogP contribution is 2.32. The van der Waals surface area contributed by atoms with E-state index in [1.54, 1.807) is 0 Å². The second kappa shape index (κ2) is 8.99. The maximum atomic E-state index is 12.9. The molecule has 1 amide bonds. The summed E-state index contributed by atoms with van der Waals surface area (Å²) in [6.45, 7) is 4.03. The summed E-state index contributed by atoms with van der Waals surface area (Å²) in [6.07, 6.45) is 0.996. The van der Waals surface area contributed by atoms with Crippen LogP contribution in [0.15, 0.2) is 69.9 Å². The molecule has 0 saturated carbocycles. The van der Waals surface area contributed by atoms with Gasteiger partial charge in [0.05, 0.1) is 17.1 Å². The lowest BCUT2D eigenvalue weighted by Crippen LogP contribution is -2.26. The molecule has 1 unspecified atom stereocenters. The molecule has 6 nitrogen and oxygen atoms in total. The summed E-state index contributed by atoms with van der Waals surface area (Å²) in [5.41, 5.74) is 7.74. The predicted octanol–water partition coefficient (Wildman–Crippen LogP) is 5.89. The molecule has 7 heteroatoms. The van der Waals surface area contributed by atoms with Crippen molar-refractivity contribution in [3.63, 3.8) is 0 Å². The molecule has 0 aliphatic heterocycles. The van der Waals surface area contributed by atoms with Crippen molar-refractivity contribution >= 4 is 43.8 Å².